The largest absolute Gasteiger partial charge is 0.295 e. The van der Waals surface area contributed by atoms with Crippen LogP contribution < -0.4 is 0 Å². The highest BCUT2D eigenvalue weighted by atomic mass is 19.1. The summed E-state index contributed by atoms with van der Waals surface area (Å²) in [5, 5.41) is 0. The van der Waals surface area contributed by atoms with Gasteiger partial charge in [0.15, 0.2) is 11.6 Å². The number of rotatable bonds is 2. The zero-order valence-electron chi connectivity index (χ0n) is 7.43. The minimum Gasteiger partial charge on any atom is -0.295 e. The minimum absolute atomic E-state index is 0.0345. The molecule has 0 aliphatic carbocycles. The predicted octanol–water partition coefficient (Wildman–Crippen LogP) is 2.23. The maximum atomic E-state index is 13.0. The molecule has 68 valence electrons. The predicted molar refractivity (Wildman–Crippen MR) is 46.4 cm³/mol. The Morgan fingerprint density at radius 3 is 2.23 bits per heavy atom. The summed E-state index contributed by atoms with van der Waals surface area (Å²) in [4.78, 5) is 21.8. The number of carbonyl (C=O) groups is 2. The fourth-order valence-corrected chi connectivity index (χ4v) is 1.01. The molecule has 0 saturated heterocycles. The van der Waals surface area contributed by atoms with Crippen LogP contribution in [-0.4, -0.2) is 11.6 Å². The topological polar surface area (TPSA) is 34.1 Å². The molecular formula is C10H9FO2. The Bertz CT molecular complexity index is 369. The van der Waals surface area contributed by atoms with Crippen molar-refractivity contribution in [1.29, 1.82) is 0 Å². The maximum Gasteiger partial charge on any atom is 0.162 e. The molecule has 0 saturated carbocycles. The molecule has 1 rings (SSSR count). The first-order chi connectivity index (χ1) is 6.02. The number of ketones is 2. The van der Waals surface area contributed by atoms with Crippen LogP contribution in [0.25, 0.3) is 0 Å². The third-order valence-electron chi connectivity index (χ3n) is 1.75. The minimum atomic E-state index is -0.586. The number of carbonyl (C=O) groups excluding carboxylic acids is 2. The van der Waals surface area contributed by atoms with E-state index in [1.807, 2.05) is 0 Å². The summed E-state index contributed by atoms with van der Waals surface area (Å²) >= 11 is 0. The van der Waals surface area contributed by atoms with Crippen molar-refractivity contribution in [2.24, 2.45) is 0 Å². The zero-order chi connectivity index (χ0) is 10.0. The van der Waals surface area contributed by atoms with Gasteiger partial charge in [0.1, 0.15) is 5.82 Å². The second kappa shape index (κ2) is 3.47. The zero-order valence-corrected chi connectivity index (χ0v) is 7.43. The Labute approximate surface area is 75.4 Å². The number of benzene rings is 1. The van der Waals surface area contributed by atoms with Gasteiger partial charge in [-0.2, -0.15) is 0 Å². The van der Waals surface area contributed by atoms with Crippen LogP contribution in [0.4, 0.5) is 4.39 Å². The Kier molecular flexibility index (Phi) is 2.56. The van der Waals surface area contributed by atoms with E-state index in [0.717, 1.165) is 6.07 Å². The van der Waals surface area contributed by atoms with Crippen LogP contribution in [0.15, 0.2) is 18.2 Å². The summed E-state index contributed by atoms with van der Waals surface area (Å²) < 4.78 is 13.0. The summed E-state index contributed by atoms with van der Waals surface area (Å²) in [6, 6.07) is 3.78. The highest BCUT2D eigenvalue weighted by molar-refractivity contribution is 5.99. The van der Waals surface area contributed by atoms with E-state index in [-0.39, 0.29) is 17.1 Å². The molecule has 3 heteroatoms. The first kappa shape index (κ1) is 9.58. The van der Waals surface area contributed by atoms with E-state index in [4.69, 9.17) is 0 Å². The fourth-order valence-electron chi connectivity index (χ4n) is 1.01. The van der Waals surface area contributed by atoms with E-state index in [1.54, 1.807) is 0 Å². The molecule has 0 aliphatic heterocycles. The first-order valence-corrected chi connectivity index (χ1v) is 3.84. The molecule has 0 aliphatic rings. The van der Waals surface area contributed by atoms with Crippen molar-refractivity contribution in [3.05, 3.63) is 35.1 Å². The van der Waals surface area contributed by atoms with Gasteiger partial charge in [0.25, 0.3) is 0 Å². The molecule has 0 bridgehead atoms. The molecule has 0 amide bonds. The quantitative estimate of drug-likeness (QED) is 0.654. The van der Waals surface area contributed by atoms with E-state index in [2.05, 4.69) is 0 Å². The van der Waals surface area contributed by atoms with E-state index in [9.17, 15) is 14.0 Å². The molecule has 2 nitrogen and oxygen atoms in total. The summed E-state index contributed by atoms with van der Waals surface area (Å²) in [7, 11) is 0. The van der Waals surface area contributed by atoms with Crippen LogP contribution in [0.5, 0.6) is 0 Å². The lowest BCUT2D eigenvalue weighted by molar-refractivity contribution is 0.101. The molecule has 0 fully saturated rings. The van der Waals surface area contributed by atoms with Crippen LogP contribution in [0.2, 0.25) is 0 Å². The highest BCUT2D eigenvalue weighted by Crippen LogP contribution is 2.11. The number of halogens is 1. The molecule has 0 N–H and O–H groups in total. The lowest BCUT2D eigenvalue weighted by atomic mass is 10.1. The third kappa shape index (κ3) is 1.99. The van der Waals surface area contributed by atoms with Gasteiger partial charge in [0.05, 0.1) is 5.56 Å². The second-order valence-electron chi connectivity index (χ2n) is 2.81. The molecule has 0 heterocycles. The van der Waals surface area contributed by atoms with Gasteiger partial charge in [-0.25, -0.2) is 4.39 Å². The van der Waals surface area contributed by atoms with E-state index >= 15 is 0 Å². The van der Waals surface area contributed by atoms with Crippen molar-refractivity contribution >= 4 is 11.6 Å². The Morgan fingerprint density at radius 1 is 1.15 bits per heavy atom. The molecule has 0 radical (unpaired) electrons. The lowest BCUT2D eigenvalue weighted by Gasteiger charge is -2.00. The summed E-state index contributed by atoms with van der Waals surface area (Å²) in [6.07, 6.45) is 0. The average Bonchev–Trinajstić information content (AvgIpc) is 2.04. The second-order valence-corrected chi connectivity index (χ2v) is 2.81. The maximum absolute atomic E-state index is 13.0. The molecule has 0 spiro atoms. The average molecular weight is 180 g/mol. The van der Waals surface area contributed by atoms with Gasteiger partial charge in [0, 0.05) is 5.56 Å². The molecule has 0 unspecified atom stereocenters. The normalized spacial score (nSPS) is 9.77. The molecule has 1 aromatic carbocycles. The Hall–Kier alpha value is -1.51. The molecule has 1 aromatic rings. The van der Waals surface area contributed by atoms with E-state index in [1.165, 1.54) is 26.0 Å². The van der Waals surface area contributed by atoms with Crippen molar-refractivity contribution in [3.63, 3.8) is 0 Å². The van der Waals surface area contributed by atoms with Gasteiger partial charge < -0.3 is 0 Å². The van der Waals surface area contributed by atoms with Gasteiger partial charge in [-0.3, -0.25) is 9.59 Å². The number of hydrogen-bond acceptors (Lipinski definition) is 2. The van der Waals surface area contributed by atoms with Gasteiger partial charge in [-0.1, -0.05) is 0 Å². The van der Waals surface area contributed by atoms with Crippen molar-refractivity contribution in [3.8, 4) is 0 Å². The highest BCUT2D eigenvalue weighted by Gasteiger charge is 2.09. The SMILES string of the molecule is CC(=O)c1ccc(F)c(C(C)=O)c1. The van der Waals surface area contributed by atoms with Crippen molar-refractivity contribution < 1.29 is 14.0 Å². The van der Waals surface area contributed by atoms with Crippen LogP contribution in [-0.2, 0) is 0 Å². The number of hydrogen-bond donors (Lipinski definition) is 0. The van der Waals surface area contributed by atoms with Crippen LogP contribution in [0.1, 0.15) is 34.6 Å². The van der Waals surface area contributed by atoms with Crippen molar-refractivity contribution in [1.82, 2.24) is 0 Å². The monoisotopic (exact) mass is 180 g/mol. The fraction of sp³-hybridized carbons (Fsp3) is 0.200. The summed E-state index contributed by atoms with van der Waals surface area (Å²) in [5.74, 6) is -1.14. The van der Waals surface area contributed by atoms with Gasteiger partial charge in [-0.15, -0.1) is 0 Å². The van der Waals surface area contributed by atoms with Gasteiger partial charge in [-0.05, 0) is 32.0 Å². The van der Waals surface area contributed by atoms with Crippen LogP contribution in [0.3, 0.4) is 0 Å². The van der Waals surface area contributed by atoms with E-state index in [0.29, 0.717) is 5.56 Å². The van der Waals surface area contributed by atoms with E-state index < -0.39 is 5.82 Å². The number of Topliss-reactive ketones (excluding diaryl/α,β-unsaturated/α-hetero) is 2. The summed E-state index contributed by atoms with van der Waals surface area (Å²) in [6.45, 7) is 2.64. The van der Waals surface area contributed by atoms with Crippen molar-refractivity contribution in [2.75, 3.05) is 0 Å². The smallest absolute Gasteiger partial charge is 0.162 e. The standard InChI is InChI=1S/C10H9FO2/c1-6(12)8-3-4-10(11)9(5-8)7(2)13/h3-5H,1-2H3. The Morgan fingerprint density at radius 2 is 1.77 bits per heavy atom. The first-order valence-electron chi connectivity index (χ1n) is 3.84. The van der Waals surface area contributed by atoms with Gasteiger partial charge >= 0.3 is 0 Å². The Balaban J connectivity index is 3.27. The molecule has 0 atom stereocenters. The van der Waals surface area contributed by atoms with Crippen LogP contribution in [0, 0.1) is 5.82 Å². The molecular weight excluding hydrogens is 171 g/mol. The molecule has 13 heavy (non-hydrogen) atoms. The summed E-state index contributed by atoms with van der Waals surface area (Å²) in [5.41, 5.74) is 0.319. The van der Waals surface area contributed by atoms with Gasteiger partial charge in [0.2, 0.25) is 0 Å². The lowest BCUT2D eigenvalue weighted by Crippen LogP contribution is -2.01. The van der Waals surface area contributed by atoms with Crippen molar-refractivity contribution in [2.45, 2.75) is 13.8 Å². The molecule has 0 aromatic heterocycles. The van der Waals surface area contributed by atoms with Crippen LogP contribution >= 0.6 is 0 Å². The third-order valence-corrected chi connectivity index (χ3v) is 1.75.